The van der Waals surface area contributed by atoms with Crippen molar-refractivity contribution in [2.24, 2.45) is 0 Å². The molecular formula is C15H26ClN3. The summed E-state index contributed by atoms with van der Waals surface area (Å²) in [7, 11) is 6.20. The summed E-state index contributed by atoms with van der Waals surface area (Å²) in [6.07, 6.45) is 1.16. The molecule has 0 fully saturated rings. The average Bonchev–Trinajstić information content (AvgIpc) is 2.37. The minimum atomic E-state index is 0.806. The van der Waals surface area contributed by atoms with E-state index in [-0.39, 0.29) is 0 Å². The smallest absolute Gasteiger partial charge is 0.0426 e. The third-order valence-corrected chi connectivity index (χ3v) is 3.41. The van der Waals surface area contributed by atoms with Crippen LogP contribution in [0.4, 0.5) is 5.69 Å². The van der Waals surface area contributed by atoms with Gasteiger partial charge in [-0.3, -0.25) is 0 Å². The molecule has 0 spiro atoms. The fraction of sp³-hybridized carbons (Fsp3) is 0.600. The molecule has 0 aliphatic rings. The quantitative estimate of drug-likeness (QED) is 0.791. The minimum Gasteiger partial charge on any atom is -0.371 e. The molecule has 108 valence electrons. The van der Waals surface area contributed by atoms with Gasteiger partial charge in [0.2, 0.25) is 0 Å². The molecule has 1 aromatic rings. The van der Waals surface area contributed by atoms with Gasteiger partial charge in [-0.05, 0) is 58.7 Å². The van der Waals surface area contributed by atoms with Crippen LogP contribution in [-0.4, -0.2) is 45.7 Å². The van der Waals surface area contributed by atoms with E-state index in [1.165, 1.54) is 11.3 Å². The lowest BCUT2D eigenvalue weighted by atomic mass is 10.1. The number of anilines is 1. The van der Waals surface area contributed by atoms with Crippen molar-refractivity contribution in [1.82, 2.24) is 10.2 Å². The van der Waals surface area contributed by atoms with Gasteiger partial charge < -0.3 is 15.1 Å². The van der Waals surface area contributed by atoms with Gasteiger partial charge in [0.25, 0.3) is 0 Å². The number of rotatable bonds is 8. The van der Waals surface area contributed by atoms with Crippen LogP contribution in [0.1, 0.15) is 18.9 Å². The zero-order valence-corrected chi connectivity index (χ0v) is 13.3. The predicted octanol–water partition coefficient (Wildman–Crippen LogP) is 2.84. The highest BCUT2D eigenvalue weighted by atomic mass is 35.5. The standard InChI is InChI=1S/C15H26ClN3/c1-5-19(10-6-9-18(3)4)15-11-14(16)8-7-13(15)12-17-2/h7-8,11,17H,5-6,9-10,12H2,1-4H3. The molecule has 0 bridgehead atoms. The first-order valence-electron chi connectivity index (χ1n) is 6.91. The monoisotopic (exact) mass is 283 g/mol. The highest BCUT2D eigenvalue weighted by molar-refractivity contribution is 6.30. The van der Waals surface area contributed by atoms with E-state index in [1.54, 1.807) is 0 Å². The first-order valence-corrected chi connectivity index (χ1v) is 7.29. The van der Waals surface area contributed by atoms with Crippen molar-refractivity contribution in [1.29, 1.82) is 0 Å². The third kappa shape index (κ3) is 5.39. The van der Waals surface area contributed by atoms with Crippen molar-refractivity contribution in [3.63, 3.8) is 0 Å². The highest BCUT2D eigenvalue weighted by Crippen LogP contribution is 2.25. The number of benzene rings is 1. The van der Waals surface area contributed by atoms with E-state index in [0.29, 0.717) is 0 Å². The van der Waals surface area contributed by atoms with Gasteiger partial charge in [-0.2, -0.15) is 0 Å². The van der Waals surface area contributed by atoms with Crippen LogP contribution in [0.3, 0.4) is 0 Å². The van der Waals surface area contributed by atoms with E-state index in [4.69, 9.17) is 11.6 Å². The van der Waals surface area contributed by atoms with E-state index in [0.717, 1.165) is 37.6 Å². The van der Waals surface area contributed by atoms with Gasteiger partial charge in [0.1, 0.15) is 0 Å². The van der Waals surface area contributed by atoms with Crippen LogP contribution in [-0.2, 0) is 6.54 Å². The summed E-state index contributed by atoms with van der Waals surface area (Å²) in [6, 6.07) is 6.15. The van der Waals surface area contributed by atoms with Crippen LogP contribution in [0.25, 0.3) is 0 Å². The fourth-order valence-electron chi connectivity index (χ4n) is 2.20. The van der Waals surface area contributed by atoms with Crippen LogP contribution < -0.4 is 10.2 Å². The third-order valence-electron chi connectivity index (χ3n) is 3.17. The molecule has 0 radical (unpaired) electrons. The summed E-state index contributed by atoms with van der Waals surface area (Å²) >= 11 is 6.15. The Morgan fingerprint density at radius 1 is 1.21 bits per heavy atom. The minimum absolute atomic E-state index is 0.806. The van der Waals surface area contributed by atoms with Crippen molar-refractivity contribution >= 4 is 17.3 Å². The van der Waals surface area contributed by atoms with Crippen molar-refractivity contribution in [3.05, 3.63) is 28.8 Å². The Bertz CT molecular complexity index is 380. The van der Waals surface area contributed by atoms with Crippen LogP contribution in [0.5, 0.6) is 0 Å². The Kier molecular flexibility index (Phi) is 7.21. The fourth-order valence-corrected chi connectivity index (χ4v) is 2.36. The summed E-state index contributed by atoms with van der Waals surface area (Å²) in [6.45, 7) is 6.24. The summed E-state index contributed by atoms with van der Waals surface area (Å²) in [4.78, 5) is 4.63. The summed E-state index contributed by atoms with van der Waals surface area (Å²) in [5, 5.41) is 4.03. The molecule has 19 heavy (non-hydrogen) atoms. The Hall–Kier alpha value is -0.770. The molecule has 4 heteroatoms. The zero-order chi connectivity index (χ0) is 14.3. The summed E-state index contributed by atoms with van der Waals surface area (Å²) in [5.41, 5.74) is 2.56. The van der Waals surface area contributed by atoms with Gasteiger partial charge in [-0.1, -0.05) is 17.7 Å². The molecule has 0 aliphatic heterocycles. The lowest BCUT2D eigenvalue weighted by Gasteiger charge is -2.26. The molecule has 3 nitrogen and oxygen atoms in total. The van der Waals surface area contributed by atoms with Crippen LogP contribution >= 0.6 is 11.6 Å². The predicted molar refractivity (Wildman–Crippen MR) is 85.3 cm³/mol. The second-order valence-electron chi connectivity index (χ2n) is 5.04. The Balaban J connectivity index is 2.80. The van der Waals surface area contributed by atoms with Crippen molar-refractivity contribution in [2.45, 2.75) is 19.9 Å². The summed E-state index contributed by atoms with van der Waals surface area (Å²) in [5.74, 6) is 0. The lowest BCUT2D eigenvalue weighted by molar-refractivity contribution is 0.400. The number of hydrogen-bond donors (Lipinski definition) is 1. The molecule has 0 aromatic heterocycles. The van der Waals surface area contributed by atoms with Gasteiger partial charge in [0.15, 0.2) is 0 Å². The number of nitrogens with zero attached hydrogens (tertiary/aromatic N) is 2. The van der Waals surface area contributed by atoms with Crippen LogP contribution in [0.2, 0.25) is 5.02 Å². The molecule has 0 saturated carbocycles. The van der Waals surface area contributed by atoms with Gasteiger partial charge >= 0.3 is 0 Å². The second-order valence-corrected chi connectivity index (χ2v) is 5.48. The molecule has 0 unspecified atom stereocenters. The molecule has 1 rings (SSSR count). The van der Waals surface area contributed by atoms with Gasteiger partial charge in [0.05, 0.1) is 0 Å². The second kappa shape index (κ2) is 8.41. The zero-order valence-electron chi connectivity index (χ0n) is 12.5. The van der Waals surface area contributed by atoms with Crippen LogP contribution in [0, 0.1) is 0 Å². The van der Waals surface area contributed by atoms with E-state index in [9.17, 15) is 0 Å². The van der Waals surface area contributed by atoms with Gasteiger partial charge in [-0.15, -0.1) is 0 Å². The van der Waals surface area contributed by atoms with E-state index < -0.39 is 0 Å². The Labute approximate surface area is 122 Å². The topological polar surface area (TPSA) is 18.5 Å². The van der Waals surface area contributed by atoms with Crippen molar-refractivity contribution < 1.29 is 0 Å². The number of nitrogens with one attached hydrogen (secondary N) is 1. The van der Waals surface area contributed by atoms with E-state index in [1.807, 2.05) is 13.1 Å². The molecule has 0 heterocycles. The largest absolute Gasteiger partial charge is 0.371 e. The highest BCUT2D eigenvalue weighted by Gasteiger charge is 2.10. The molecule has 1 N–H and O–H groups in total. The molecule has 0 atom stereocenters. The van der Waals surface area contributed by atoms with Crippen molar-refractivity contribution in [3.8, 4) is 0 Å². The van der Waals surface area contributed by atoms with E-state index in [2.05, 4.69) is 48.3 Å². The molecule has 0 aliphatic carbocycles. The van der Waals surface area contributed by atoms with Gasteiger partial charge in [0, 0.05) is 30.3 Å². The lowest BCUT2D eigenvalue weighted by Crippen LogP contribution is -2.28. The number of halogens is 1. The van der Waals surface area contributed by atoms with Crippen LogP contribution in [0.15, 0.2) is 18.2 Å². The Morgan fingerprint density at radius 2 is 1.95 bits per heavy atom. The maximum absolute atomic E-state index is 6.15. The maximum Gasteiger partial charge on any atom is 0.0426 e. The first kappa shape index (κ1) is 16.3. The average molecular weight is 284 g/mol. The molecule has 0 amide bonds. The first-order chi connectivity index (χ1) is 9.08. The Morgan fingerprint density at radius 3 is 2.53 bits per heavy atom. The summed E-state index contributed by atoms with van der Waals surface area (Å²) < 4.78 is 0. The molecule has 0 saturated heterocycles. The van der Waals surface area contributed by atoms with Crippen molar-refractivity contribution in [2.75, 3.05) is 45.7 Å². The normalized spacial score (nSPS) is 11.1. The van der Waals surface area contributed by atoms with Gasteiger partial charge in [-0.25, -0.2) is 0 Å². The maximum atomic E-state index is 6.15. The van der Waals surface area contributed by atoms with E-state index >= 15 is 0 Å². The number of hydrogen-bond acceptors (Lipinski definition) is 3. The molecular weight excluding hydrogens is 258 g/mol. The SMILES string of the molecule is CCN(CCCN(C)C)c1cc(Cl)ccc1CNC. The molecule has 1 aromatic carbocycles.